The van der Waals surface area contributed by atoms with Gasteiger partial charge < -0.3 is 21.1 Å². The highest BCUT2D eigenvalue weighted by Crippen LogP contribution is 2.05. The zero-order valence-electron chi connectivity index (χ0n) is 11.1. The number of nitrogens with one attached hydrogen (secondary N) is 1. The lowest BCUT2D eigenvalue weighted by atomic mass is 10.2. The third-order valence-corrected chi connectivity index (χ3v) is 2.89. The summed E-state index contributed by atoms with van der Waals surface area (Å²) in [7, 11) is 1.58. The molecule has 6 nitrogen and oxygen atoms in total. The highest BCUT2D eigenvalue weighted by atomic mass is 16.3. The maximum absolute atomic E-state index is 11.8. The van der Waals surface area contributed by atoms with Crippen LogP contribution in [0.15, 0.2) is 24.3 Å². The van der Waals surface area contributed by atoms with Crippen molar-refractivity contribution in [3.8, 4) is 0 Å². The summed E-state index contributed by atoms with van der Waals surface area (Å²) in [5, 5.41) is 11.5. The van der Waals surface area contributed by atoms with Crippen LogP contribution in [0.2, 0.25) is 0 Å². The van der Waals surface area contributed by atoms with Crippen molar-refractivity contribution in [3.63, 3.8) is 0 Å². The molecule has 1 unspecified atom stereocenters. The minimum atomic E-state index is -0.335. The van der Waals surface area contributed by atoms with Gasteiger partial charge in [-0.25, -0.2) is 0 Å². The number of likely N-dealkylation sites (N-methyl/N-ethyl adjacent to an activating group) is 1. The normalized spacial score (nSPS) is 11.7. The Morgan fingerprint density at radius 2 is 1.95 bits per heavy atom. The first-order valence-electron chi connectivity index (χ1n) is 5.96. The predicted octanol–water partition coefficient (Wildman–Crippen LogP) is -0.162. The van der Waals surface area contributed by atoms with Crippen molar-refractivity contribution in [3.05, 3.63) is 29.8 Å². The molecule has 0 heterocycles. The summed E-state index contributed by atoms with van der Waals surface area (Å²) < 4.78 is 0. The predicted molar refractivity (Wildman–Crippen MR) is 72.5 cm³/mol. The van der Waals surface area contributed by atoms with Crippen LogP contribution in [0, 0.1) is 0 Å². The molecule has 0 spiro atoms. The van der Waals surface area contributed by atoms with Crippen LogP contribution in [0.5, 0.6) is 0 Å². The van der Waals surface area contributed by atoms with E-state index in [0.29, 0.717) is 11.3 Å². The summed E-state index contributed by atoms with van der Waals surface area (Å²) in [5.74, 6) is -0.594. The molecule has 0 aliphatic heterocycles. The number of amides is 2. The molecular formula is C13H19N3O3. The van der Waals surface area contributed by atoms with Crippen LogP contribution in [0.1, 0.15) is 17.3 Å². The van der Waals surface area contributed by atoms with Crippen molar-refractivity contribution in [1.29, 1.82) is 0 Å². The first-order chi connectivity index (χ1) is 8.95. The third-order valence-electron chi connectivity index (χ3n) is 2.89. The number of aliphatic hydroxyl groups is 1. The van der Waals surface area contributed by atoms with Gasteiger partial charge in [0.15, 0.2) is 0 Å². The van der Waals surface area contributed by atoms with Gasteiger partial charge in [0.2, 0.25) is 5.91 Å². The second kappa shape index (κ2) is 6.75. The number of rotatable bonds is 5. The summed E-state index contributed by atoms with van der Waals surface area (Å²) in [4.78, 5) is 24.9. The van der Waals surface area contributed by atoms with Gasteiger partial charge in [-0.3, -0.25) is 9.59 Å². The van der Waals surface area contributed by atoms with E-state index in [4.69, 9.17) is 10.8 Å². The summed E-state index contributed by atoms with van der Waals surface area (Å²) in [6.07, 6.45) is 0. The van der Waals surface area contributed by atoms with E-state index in [-0.39, 0.29) is 31.0 Å². The highest BCUT2D eigenvalue weighted by Gasteiger charge is 2.15. The summed E-state index contributed by atoms with van der Waals surface area (Å²) >= 11 is 0. The topological polar surface area (TPSA) is 95.7 Å². The van der Waals surface area contributed by atoms with Crippen molar-refractivity contribution < 1.29 is 14.7 Å². The van der Waals surface area contributed by atoms with Crippen LogP contribution in [-0.4, -0.2) is 48.1 Å². The van der Waals surface area contributed by atoms with E-state index < -0.39 is 0 Å². The van der Waals surface area contributed by atoms with E-state index in [1.54, 1.807) is 38.2 Å². The number of hydrogen-bond donors (Lipinski definition) is 3. The first-order valence-corrected chi connectivity index (χ1v) is 5.96. The molecule has 0 saturated heterocycles. The Morgan fingerprint density at radius 3 is 2.47 bits per heavy atom. The molecule has 6 heteroatoms. The zero-order chi connectivity index (χ0) is 14.4. The third kappa shape index (κ3) is 4.26. The number of hydrogen-bond acceptors (Lipinski definition) is 4. The molecule has 0 aliphatic rings. The minimum Gasteiger partial charge on any atom is -0.399 e. The van der Waals surface area contributed by atoms with E-state index >= 15 is 0 Å². The Balaban J connectivity index is 2.50. The van der Waals surface area contributed by atoms with Gasteiger partial charge in [0.1, 0.15) is 0 Å². The van der Waals surface area contributed by atoms with E-state index in [1.165, 1.54) is 4.90 Å². The minimum absolute atomic E-state index is 0.107. The monoisotopic (exact) mass is 265 g/mol. The van der Waals surface area contributed by atoms with Crippen molar-refractivity contribution in [2.75, 3.05) is 25.9 Å². The van der Waals surface area contributed by atoms with Gasteiger partial charge in [-0.2, -0.15) is 0 Å². The number of carbonyl (C=O) groups is 2. The van der Waals surface area contributed by atoms with Crippen molar-refractivity contribution in [2.45, 2.75) is 13.0 Å². The van der Waals surface area contributed by atoms with Crippen LogP contribution >= 0.6 is 0 Å². The first kappa shape index (κ1) is 15.0. The number of nitrogens with zero attached hydrogens (tertiary/aromatic N) is 1. The highest BCUT2D eigenvalue weighted by molar-refractivity contribution is 5.96. The van der Waals surface area contributed by atoms with Crippen LogP contribution in [-0.2, 0) is 4.79 Å². The number of carbonyl (C=O) groups excluding carboxylic acids is 2. The van der Waals surface area contributed by atoms with Crippen LogP contribution in [0.3, 0.4) is 0 Å². The fraction of sp³-hybridized carbons (Fsp3) is 0.385. The van der Waals surface area contributed by atoms with E-state index in [2.05, 4.69) is 5.32 Å². The van der Waals surface area contributed by atoms with Gasteiger partial charge in [0.05, 0.1) is 19.2 Å². The largest absolute Gasteiger partial charge is 0.399 e. The maximum atomic E-state index is 11.8. The number of aliphatic hydroxyl groups excluding tert-OH is 1. The molecule has 0 saturated carbocycles. The number of nitrogens with two attached hydrogens (primary N) is 1. The van der Waals surface area contributed by atoms with Crippen LogP contribution in [0.4, 0.5) is 5.69 Å². The summed E-state index contributed by atoms with van der Waals surface area (Å²) in [5.41, 5.74) is 6.54. The standard InChI is InChI=1S/C13H19N3O3/c1-9(8-17)16(2)12(18)7-15-13(19)10-3-5-11(14)6-4-10/h3-6,9,17H,7-8,14H2,1-2H3,(H,15,19). The molecule has 1 rings (SSSR count). The SMILES string of the molecule is CC(CO)N(C)C(=O)CNC(=O)c1ccc(N)cc1. The average molecular weight is 265 g/mol. The zero-order valence-corrected chi connectivity index (χ0v) is 11.1. The van der Waals surface area contributed by atoms with E-state index in [1.807, 2.05) is 0 Å². The van der Waals surface area contributed by atoms with Gasteiger partial charge in [-0.05, 0) is 31.2 Å². The quantitative estimate of drug-likeness (QED) is 0.644. The molecular weight excluding hydrogens is 246 g/mol. The Hall–Kier alpha value is -2.08. The summed E-state index contributed by atoms with van der Waals surface area (Å²) in [6.45, 7) is 1.50. The van der Waals surface area contributed by atoms with Crippen molar-refractivity contribution in [2.24, 2.45) is 0 Å². The Kier molecular flexibility index (Phi) is 5.32. The molecule has 104 valence electrons. The van der Waals surface area contributed by atoms with Crippen molar-refractivity contribution >= 4 is 17.5 Å². The number of benzene rings is 1. The average Bonchev–Trinajstić information content (AvgIpc) is 2.43. The van der Waals surface area contributed by atoms with Gasteiger partial charge in [-0.1, -0.05) is 0 Å². The van der Waals surface area contributed by atoms with Gasteiger partial charge in [-0.15, -0.1) is 0 Å². The number of nitrogen functional groups attached to an aromatic ring is 1. The Morgan fingerprint density at radius 1 is 1.37 bits per heavy atom. The molecule has 0 aliphatic carbocycles. The van der Waals surface area contributed by atoms with E-state index in [9.17, 15) is 9.59 Å². The van der Waals surface area contributed by atoms with Crippen LogP contribution < -0.4 is 11.1 Å². The fourth-order valence-corrected chi connectivity index (χ4v) is 1.39. The molecule has 19 heavy (non-hydrogen) atoms. The fourth-order valence-electron chi connectivity index (χ4n) is 1.39. The molecule has 1 atom stereocenters. The second-order valence-electron chi connectivity index (χ2n) is 4.34. The molecule has 0 fully saturated rings. The smallest absolute Gasteiger partial charge is 0.251 e. The molecule has 1 aromatic rings. The van der Waals surface area contributed by atoms with Gasteiger partial charge in [0.25, 0.3) is 5.91 Å². The molecule has 1 aromatic carbocycles. The molecule has 0 aromatic heterocycles. The Labute approximate surface area is 112 Å². The Bertz CT molecular complexity index is 445. The lowest BCUT2D eigenvalue weighted by Gasteiger charge is -2.23. The van der Waals surface area contributed by atoms with Crippen molar-refractivity contribution in [1.82, 2.24) is 10.2 Å². The number of anilines is 1. The van der Waals surface area contributed by atoms with E-state index in [0.717, 1.165) is 0 Å². The summed E-state index contributed by atoms with van der Waals surface area (Å²) in [6, 6.07) is 6.15. The molecule has 4 N–H and O–H groups in total. The molecule has 0 bridgehead atoms. The molecule has 2 amide bonds. The lowest BCUT2D eigenvalue weighted by molar-refractivity contribution is -0.131. The maximum Gasteiger partial charge on any atom is 0.251 e. The lowest BCUT2D eigenvalue weighted by Crippen LogP contribution is -2.43. The van der Waals surface area contributed by atoms with Gasteiger partial charge in [0, 0.05) is 18.3 Å². The molecule has 0 radical (unpaired) electrons. The van der Waals surface area contributed by atoms with Gasteiger partial charge >= 0.3 is 0 Å². The van der Waals surface area contributed by atoms with Crippen LogP contribution in [0.25, 0.3) is 0 Å². The second-order valence-corrected chi connectivity index (χ2v) is 4.34.